The van der Waals surface area contributed by atoms with Crippen LogP contribution in [0.1, 0.15) is 19.4 Å². The minimum absolute atomic E-state index is 0.333. The number of carbonyl (C=O) groups excluding carboxylic acids is 2. The molecule has 2 saturated heterocycles. The summed E-state index contributed by atoms with van der Waals surface area (Å²) in [4.78, 5) is 25.9. The number of methoxy groups -OCH3 is 1. The lowest BCUT2D eigenvalue weighted by molar-refractivity contribution is -0.115. The maximum atomic E-state index is 11.9. The molecule has 2 atom stereocenters. The number of carbonyl (C=O) groups is 2. The van der Waals surface area contributed by atoms with Crippen LogP contribution < -0.4 is 20.3 Å². The van der Waals surface area contributed by atoms with Crippen molar-refractivity contribution in [1.82, 2.24) is 10.6 Å². The molecule has 0 unspecified atom stereocenters. The van der Waals surface area contributed by atoms with Crippen LogP contribution in [0.3, 0.4) is 0 Å². The lowest BCUT2D eigenvalue weighted by Gasteiger charge is -2.39. The minimum atomic E-state index is -0.346. The molecule has 1 aromatic rings. The lowest BCUT2D eigenvalue weighted by Crippen LogP contribution is -2.54. The molecule has 2 aliphatic rings. The fourth-order valence-corrected chi connectivity index (χ4v) is 3.90. The molecule has 2 amide bonds. The molecule has 1 aromatic carbocycles. The maximum Gasteiger partial charge on any atom is 0.290 e. The van der Waals surface area contributed by atoms with Crippen molar-refractivity contribution in [3.63, 3.8) is 0 Å². The van der Waals surface area contributed by atoms with Gasteiger partial charge in [-0.1, -0.05) is 12.1 Å². The minimum Gasteiger partial charge on any atom is -0.495 e. The van der Waals surface area contributed by atoms with E-state index in [0.29, 0.717) is 17.0 Å². The summed E-state index contributed by atoms with van der Waals surface area (Å²) in [6.07, 6.45) is 1.76. The van der Waals surface area contributed by atoms with E-state index in [2.05, 4.69) is 29.4 Å². The number of hydrogen-bond donors (Lipinski definition) is 2. The number of hydrogen-bond acceptors (Lipinski definition) is 6. The lowest BCUT2D eigenvalue weighted by atomic mass is 10.1. The summed E-state index contributed by atoms with van der Waals surface area (Å²) >= 11 is 0.928. The highest BCUT2D eigenvalue weighted by atomic mass is 32.2. The topological polar surface area (TPSA) is 70.7 Å². The number of rotatable bonds is 3. The summed E-state index contributed by atoms with van der Waals surface area (Å²) in [5.74, 6) is 0.418. The van der Waals surface area contributed by atoms with Gasteiger partial charge in [0.05, 0.1) is 17.7 Å². The quantitative estimate of drug-likeness (QED) is 0.817. The third-order valence-corrected chi connectivity index (χ3v) is 4.86. The monoisotopic (exact) mass is 347 g/mol. The van der Waals surface area contributed by atoms with Crippen molar-refractivity contribution in [2.24, 2.45) is 0 Å². The number of para-hydroxylation sites is 1. The van der Waals surface area contributed by atoms with Gasteiger partial charge in [-0.2, -0.15) is 0 Å². The molecule has 2 heterocycles. The fraction of sp³-hybridized carbons (Fsp3) is 0.412. The van der Waals surface area contributed by atoms with E-state index in [1.54, 1.807) is 13.2 Å². The zero-order chi connectivity index (χ0) is 17.3. The summed E-state index contributed by atoms with van der Waals surface area (Å²) in [5.41, 5.74) is 1.84. The van der Waals surface area contributed by atoms with Crippen molar-refractivity contribution >= 4 is 34.7 Å². The van der Waals surface area contributed by atoms with Gasteiger partial charge < -0.3 is 15.0 Å². The highest BCUT2D eigenvalue weighted by Gasteiger charge is 2.28. The molecule has 2 aliphatic heterocycles. The Morgan fingerprint density at radius 2 is 1.96 bits per heavy atom. The number of imide groups is 1. The standard InChI is InChI=1S/C17H21N3O3S/c1-10-8-20(9-11(2)18-10)15-12(5-4-6-13(15)23-3)7-14-16(21)19-17(22)24-14/h4-7,10-11,18H,8-9H2,1-3H3,(H,19,21,22)/b14-7-/t10-,11+. The highest BCUT2D eigenvalue weighted by Crippen LogP contribution is 2.36. The first-order valence-electron chi connectivity index (χ1n) is 7.90. The third kappa shape index (κ3) is 3.42. The van der Waals surface area contributed by atoms with Gasteiger partial charge in [0, 0.05) is 30.7 Å². The van der Waals surface area contributed by atoms with Crippen LogP contribution >= 0.6 is 11.8 Å². The summed E-state index contributed by atoms with van der Waals surface area (Å²) in [5, 5.41) is 5.47. The third-order valence-electron chi connectivity index (χ3n) is 4.05. The zero-order valence-electron chi connectivity index (χ0n) is 14.0. The fourth-order valence-electron chi connectivity index (χ4n) is 3.23. The number of ether oxygens (including phenoxy) is 1. The van der Waals surface area contributed by atoms with Crippen molar-refractivity contribution in [3.8, 4) is 5.75 Å². The van der Waals surface area contributed by atoms with E-state index >= 15 is 0 Å². The Morgan fingerprint density at radius 1 is 1.25 bits per heavy atom. The molecule has 0 bridgehead atoms. The van der Waals surface area contributed by atoms with E-state index in [1.165, 1.54) is 0 Å². The van der Waals surface area contributed by atoms with E-state index in [9.17, 15) is 9.59 Å². The second-order valence-electron chi connectivity index (χ2n) is 6.12. The highest BCUT2D eigenvalue weighted by molar-refractivity contribution is 8.18. The van der Waals surface area contributed by atoms with Gasteiger partial charge in [0.1, 0.15) is 5.75 Å². The largest absolute Gasteiger partial charge is 0.495 e. The molecular formula is C17H21N3O3S. The maximum absolute atomic E-state index is 11.9. The number of piperazine rings is 1. The van der Waals surface area contributed by atoms with E-state index in [1.807, 2.05) is 18.2 Å². The van der Waals surface area contributed by atoms with Gasteiger partial charge in [-0.05, 0) is 37.8 Å². The van der Waals surface area contributed by atoms with Crippen molar-refractivity contribution in [3.05, 3.63) is 28.7 Å². The van der Waals surface area contributed by atoms with Crippen LogP contribution in [0.2, 0.25) is 0 Å². The molecule has 0 radical (unpaired) electrons. The molecule has 3 rings (SSSR count). The molecule has 128 valence electrons. The molecule has 0 aliphatic carbocycles. The van der Waals surface area contributed by atoms with Crippen molar-refractivity contribution in [1.29, 1.82) is 0 Å². The smallest absolute Gasteiger partial charge is 0.290 e. The molecule has 2 N–H and O–H groups in total. The molecule has 24 heavy (non-hydrogen) atoms. The van der Waals surface area contributed by atoms with E-state index in [-0.39, 0.29) is 11.1 Å². The first-order valence-corrected chi connectivity index (χ1v) is 8.72. The van der Waals surface area contributed by atoms with Crippen LogP contribution in [-0.2, 0) is 4.79 Å². The van der Waals surface area contributed by atoms with E-state index < -0.39 is 0 Å². The van der Waals surface area contributed by atoms with Gasteiger partial charge in [-0.3, -0.25) is 14.9 Å². The Balaban J connectivity index is 2.02. The number of amides is 2. The van der Waals surface area contributed by atoms with Crippen LogP contribution in [0, 0.1) is 0 Å². The van der Waals surface area contributed by atoms with Gasteiger partial charge >= 0.3 is 0 Å². The van der Waals surface area contributed by atoms with E-state index in [0.717, 1.165) is 41.9 Å². The normalized spacial score (nSPS) is 26.0. The van der Waals surface area contributed by atoms with Gasteiger partial charge in [0.15, 0.2) is 0 Å². The summed E-state index contributed by atoms with van der Waals surface area (Å²) in [7, 11) is 1.64. The van der Waals surface area contributed by atoms with Crippen LogP contribution in [0.5, 0.6) is 5.75 Å². The zero-order valence-corrected chi connectivity index (χ0v) is 14.8. The van der Waals surface area contributed by atoms with Crippen LogP contribution in [0.4, 0.5) is 10.5 Å². The Morgan fingerprint density at radius 3 is 2.54 bits per heavy atom. The first-order chi connectivity index (χ1) is 11.5. The van der Waals surface area contributed by atoms with Gasteiger partial charge in [0.25, 0.3) is 11.1 Å². The molecule has 6 nitrogen and oxygen atoms in total. The molecule has 0 spiro atoms. The van der Waals surface area contributed by atoms with Crippen molar-refractivity contribution < 1.29 is 14.3 Å². The molecule has 7 heteroatoms. The SMILES string of the molecule is COc1cccc(/C=C2\SC(=O)NC2=O)c1N1C[C@@H](C)N[C@@H](C)C1. The van der Waals surface area contributed by atoms with Gasteiger partial charge in [-0.15, -0.1) is 0 Å². The van der Waals surface area contributed by atoms with Crippen LogP contribution in [0.15, 0.2) is 23.1 Å². The Hall–Kier alpha value is -1.99. The molecule has 2 fully saturated rings. The molecular weight excluding hydrogens is 326 g/mol. The first kappa shape index (κ1) is 16.9. The Bertz CT molecular complexity index is 694. The van der Waals surface area contributed by atoms with Crippen LogP contribution in [0.25, 0.3) is 6.08 Å². The van der Waals surface area contributed by atoms with Gasteiger partial charge in [0.2, 0.25) is 0 Å². The number of anilines is 1. The molecule has 0 aromatic heterocycles. The number of thioether (sulfide) groups is 1. The number of nitrogens with one attached hydrogen (secondary N) is 2. The Labute approximate surface area is 145 Å². The second kappa shape index (κ2) is 6.86. The summed E-state index contributed by atoms with van der Waals surface area (Å²) in [6.45, 7) is 5.99. The van der Waals surface area contributed by atoms with Gasteiger partial charge in [-0.25, -0.2) is 0 Å². The van der Waals surface area contributed by atoms with Crippen molar-refractivity contribution in [2.45, 2.75) is 25.9 Å². The van der Waals surface area contributed by atoms with Crippen LogP contribution in [-0.4, -0.2) is 43.4 Å². The average Bonchev–Trinajstić information content (AvgIpc) is 2.83. The number of benzene rings is 1. The summed E-state index contributed by atoms with van der Waals surface area (Å²) < 4.78 is 5.56. The number of nitrogens with zero attached hydrogens (tertiary/aromatic N) is 1. The van der Waals surface area contributed by atoms with E-state index in [4.69, 9.17) is 4.74 Å². The second-order valence-corrected chi connectivity index (χ2v) is 7.14. The average molecular weight is 347 g/mol. The summed E-state index contributed by atoms with van der Waals surface area (Å²) in [6, 6.07) is 6.46. The molecule has 0 saturated carbocycles. The predicted octanol–water partition coefficient (Wildman–Crippen LogP) is 2.21. The predicted molar refractivity (Wildman–Crippen MR) is 96.4 cm³/mol. The Kier molecular flexibility index (Phi) is 4.82. The van der Waals surface area contributed by atoms with Crippen molar-refractivity contribution in [2.75, 3.05) is 25.1 Å².